The number of nitrogens with one attached hydrogen (secondary N) is 1. The van der Waals surface area contributed by atoms with Crippen molar-refractivity contribution >= 4 is 30.8 Å². The van der Waals surface area contributed by atoms with Crippen molar-refractivity contribution in [2.24, 2.45) is 0 Å². The number of hydrogen-bond donors (Lipinski definition) is 3. The minimum Gasteiger partial charge on any atom is -1.00 e. The number of hydrogen-bond acceptors (Lipinski definition) is 7. The fourth-order valence-corrected chi connectivity index (χ4v) is 4.82. The van der Waals surface area contributed by atoms with Crippen LogP contribution in [0.2, 0.25) is 5.15 Å². The van der Waals surface area contributed by atoms with Crippen molar-refractivity contribution in [3.63, 3.8) is 0 Å². The predicted molar refractivity (Wildman–Crippen MR) is 126 cm³/mol. The van der Waals surface area contributed by atoms with Crippen molar-refractivity contribution in [3.8, 4) is 22.5 Å². The van der Waals surface area contributed by atoms with E-state index >= 15 is 0 Å². The van der Waals surface area contributed by atoms with Crippen molar-refractivity contribution in [3.05, 3.63) is 57.3 Å². The molecule has 0 bridgehead atoms. The molecular formula is C20H23ClN6NaO4PS. The number of rotatable bonds is 10. The summed E-state index contributed by atoms with van der Waals surface area (Å²) in [6.45, 7) is 2.20. The summed E-state index contributed by atoms with van der Waals surface area (Å²) in [7, 11) is -4.64. The number of aromatic amines is 1. The Morgan fingerprint density at radius 3 is 2.62 bits per heavy atom. The number of aryl methyl sites for hydroxylation is 1. The second-order valence-corrected chi connectivity index (χ2v) is 9.69. The molecule has 4 aromatic rings. The number of aromatic nitrogens is 6. The van der Waals surface area contributed by atoms with E-state index in [1.165, 1.54) is 0 Å². The van der Waals surface area contributed by atoms with Crippen LogP contribution in [0.25, 0.3) is 22.5 Å². The summed E-state index contributed by atoms with van der Waals surface area (Å²) in [6.07, 6.45) is 2.60. The fraction of sp³-hybridized carbons (Fsp3) is 0.300. The number of unbranched alkanes of at least 4 members (excludes halogenated alkanes) is 1. The third-order valence-electron chi connectivity index (χ3n) is 5.08. The molecule has 3 aromatic heterocycles. The third kappa shape index (κ3) is 6.63. The van der Waals surface area contributed by atoms with Gasteiger partial charge >= 0.3 is 37.4 Å². The van der Waals surface area contributed by atoms with Gasteiger partial charge in [-0.1, -0.05) is 49.2 Å². The number of tetrazole rings is 1. The molecule has 0 unspecified atom stereocenters. The van der Waals surface area contributed by atoms with Gasteiger partial charge in [-0.2, -0.15) is 16.6 Å². The SMILES string of the molecule is CCCCc1nc(Cl)c(COP(=O)(O)O)n1Cc1ccc(-c2cscc2-c2nn[nH]n2)cc1.[H-].[Na+]. The molecule has 0 spiro atoms. The molecule has 0 saturated carbocycles. The second kappa shape index (κ2) is 12.0. The van der Waals surface area contributed by atoms with Gasteiger partial charge in [0.25, 0.3) is 0 Å². The quantitative estimate of drug-likeness (QED) is 0.207. The van der Waals surface area contributed by atoms with Crippen LogP contribution in [-0.2, 0) is 28.7 Å². The Labute approximate surface area is 228 Å². The van der Waals surface area contributed by atoms with E-state index in [0.717, 1.165) is 40.9 Å². The zero-order chi connectivity index (χ0) is 23.4. The monoisotopic (exact) mass is 532 g/mol. The van der Waals surface area contributed by atoms with E-state index in [9.17, 15) is 4.57 Å². The minimum absolute atomic E-state index is 0. The summed E-state index contributed by atoms with van der Waals surface area (Å²) in [6, 6.07) is 8.02. The summed E-state index contributed by atoms with van der Waals surface area (Å²) >= 11 is 7.86. The third-order valence-corrected chi connectivity index (χ3v) is 6.59. The van der Waals surface area contributed by atoms with Crippen molar-refractivity contribution in [2.45, 2.75) is 39.3 Å². The minimum atomic E-state index is -4.64. The number of phosphoric acid groups is 1. The summed E-state index contributed by atoms with van der Waals surface area (Å²) in [4.78, 5) is 22.6. The zero-order valence-electron chi connectivity index (χ0n) is 19.7. The van der Waals surface area contributed by atoms with Gasteiger partial charge < -0.3 is 15.8 Å². The Morgan fingerprint density at radius 1 is 1.24 bits per heavy atom. The molecule has 3 heterocycles. The van der Waals surface area contributed by atoms with Gasteiger partial charge in [-0.05, 0) is 28.1 Å². The number of H-pyrrole nitrogens is 1. The van der Waals surface area contributed by atoms with Gasteiger partial charge in [0.1, 0.15) is 12.4 Å². The number of phosphoric ester groups is 1. The van der Waals surface area contributed by atoms with Crippen LogP contribution >= 0.6 is 30.8 Å². The van der Waals surface area contributed by atoms with E-state index in [4.69, 9.17) is 25.9 Å². The van der Waals surface area contributed by atoms with Gasteiger partial charge in [-0.15, -0.1) is 10.2 Å². The maximum absolute atomic E-state index is 11.2. The van der Waals surface area contributed by atoms with Crippen LogP contribution in [0.5, 0.6) is 0 Å². The summed E-state index contributed by atoms with van der Waals surface area (Å²) < 4.78 is 17.8. The molecule has 14 heteroatoms. The first-order valence-corrected chi connectivity index (χ1v) is 13.0. The second-order valence-electron chi connectivity index (χ2n) is 7.35. The van der Waals surface area contributed by atoms with E-state index in [0.29, 0.717) is 24.5 Å². The molecule has 0 fully saturated rings. The van der Waals surface area contributed by atoms with Gasteiger partial charge in [-0.25, -0.2) is 9.55 Å². The average molecular weight is 533 g/mol. The first-order chi connectivity index (χ1) is 15.9. The Hall–Kier alpha value is -1.40. The standard InChI is InChI=1S/C20H22ClN6O4PS.Na.H/c1-2-3-4-18-22-19(21)17(10-31-32(28,29)30)27(18)9-13-5-7-14(8-6-13)15-11-33-12-16(15)20-23-25-26-24-20;;/h5-8,11-12H,2-4,9-10H2,1H3,(H2,28,29,30)(H,23,24,25,26);;/q;+1;-1. The average Bonchev–Trinajstić information content (AvgIpc) is 3.52. The number of imidazole rings is 1. The molecule has 4 rings (SSSR count). The molecule has 0 atom stereocenters. The topological polar surface area (TPSA) is 139 Å². The van der Waals surface area contributed by atoms with Gasteiger partial charge in [0, 0.05) is 29.5 Å². The Kier molecular flexibility index (Phi) is 9.62. The molecule has 10 nitrogen and oxygen atoms in total. The smallest absolute Gasteiger partial charge is 1.00 e. The van der Waals surface area contributed by atoms with Crippen molar-refractivity contribution in [1.29, 1.82) is 0 Å². The van der Waals surface area contributed by atoms with Crippen LogP contribution in [0.4, 0.5) is 0 Å². The van der Waals surface area contributed by atoms with Gasteiger partial charge in [0.05, 0.1) is 5.69 Å². The largest absolute Gasteiger partial charge is 1.00 e. The predicted octanol–water partition coefficient (Wildman–Crippen LogP) is 1.56. The van der Waals surface area contributed by atoms with Gasteiger partial charge in [-0.3, -0.25) is 4.52 Å². The van der Waals surface area contributed by atoms with Gasteiger partial charge in [0.15, 0.2) is 5.15 Å². The zero-order valence-corrected chi connectivity index (χ0v) is 23.1. The van der Waals surface area contributed by atoms with Crippen LogP contribution in [0.1, 0.15) is 38.3 Å². The van der Waals surface area contributed by atoms with Gasteiger partial charge in [0.2, 0.25) is 5.82 Å². The molecule has 0 radical (unpaired) electrons. The summed E-state index contributed by atoms with van der Waals surface area (Å²) in [5, 5.41) is 18.5. The normalized spacial score (nSPS) is 11.5. The Bertz CT molecular complexity index is 1270. The van der Waals surface area contributed by atoms with E-state index in [2.05, 4.69) is 32.5 Å². The van der Waals surface area contributed by atoms with Crippen molar-refractivity contribution in [1.82, 2.24) is 30.2 Å². The number of halogens is 1. The Balaban J connectivity index is 0.00000216. The molecule has 0 amide bonds. The molecular weight excluding hydrogens is 510 g/mol. The molecule has 34 heavy (non-hydrogen) atoms. The van der Waals surface area contributed by atoms with Crippen LogP contribution in [0.15, 0.2) is 35.0 Å². The number of nitrogens with zero attached hydrogens (tertiary/aromatic N) is 5. The number of benzene rings is 1. The molecule has 176 valence electrons. The molecule has 1 aromatic carbocycles. The molecule has 0 saturated heterocycles. The van der Waals surface area contributed by atoms with E-state index in [-0.39, 0.29) is 42.7 Å². The van der Waals surface area contributed by atoms with Crippen LogP contribution < -0.4 is 29.6 Å². The van der Waals surface area contributed by atoms with Crippen LogP contribution in [0.3, 0.4) is 0 Å². The summed E-state index contributed by atoms with van der Waals surface area (Å²) in [5.74, 6) is 1.30. The fourth-order valence-electron chi connectivity index (χ4n) is 3.44. The summed E-state index contributed by atoms with van der Waals surface area (Å²) in [5.41, 5.74) is 4.35. The molecule has 0 aliphatic rings. The van der Waals surface area contributed by atoms with E-state index in [1.54, 1.807) is 11.3 Å². The molecule has 0 aliphatic heterocycles. The van der Waals surface area contributed by atoms with Crippen LogP contribution in [0, 0.1) is 0 Å². The van der Waals surface area contributed by atoms with Crippen molar-refractivity contribution in [2.75, 3.05) is 0 Å². The Morgan fingerprint density at radius 2 is 1.97 bits per heavy atom. The van der Waals surface area contributed by atoms with E-state index in [1.807, 2.05) is 39.6 Å². The number of thiophene rings is 1. The van der Waals surface area contributed by atoms with Crippen LogP contribution in [-0.4, -0.2) is 40.0 Å². The van der Waals surface area contributed by atoms with E-state index < -0.39 is 7.82 Å². The maximum Gasteiger partial charge on any atom is 1.00 e. The molecule has 0 aliphatic carbocycles. The maximum atomic E-state index is 11.2. The first kappa shape index (κ1) is 27.2. The first-order valence-electron chi connectivity index (χ1n) is 10.2. The van der Waals surface area contributed by atoms with Crippen molar-refractivity contribution < 1.29 is 49.9 Å². The molecule has 3 N–H and O–H groups in total.